The standard InChI is InChI=1S/C5H11N2O5P/c1-3-4(6)5(8)7(3)12-13(9,10)11-2/h3-4H,6H2,1-2H3,(H,9,10). The number of carbonyl (C=O) groups is 1. The molecule has 1 aliphatic heterocycles. The molecule has 0 saturated carbocycles. The Balaban J connectivity index is 2.57. The lowest BCUT2D eigenvalue weighted by molar-refractivity contribution is -0.198. The number of rotatable bonds is 3. The van der Waals surface area contributed by atoms with E-state index in [1.54, 1.807) is 6.92 Å². The first kappa shape index (κ1) is 10.6. The molecule has 0 aromatic rings. The molecule has 1 saturated heterocycles. The summed E-state index contributed by atoms with van der Waals surface area (Å²) in [5.74, 6) is -0.529. The molecule has 1 amide bonds. The highest BCUT2D eigenvalue weighted by molar-refractivity contribution is 7.47. The SMILES string of the molecule is COP(=O)(O)ON1C(=O)C(N)C1C. The van der Waals surface area contributed by atoms with Crippen molar-refractivity contribution in [2.24, 2.45) is 5.73 Å². The van der Waals surface area contributed by atoms with E-state index in [1.165, 1.54) is 0 Å². The maximum Gasteiger partial charge on any atom is 0.493 e. The van der Waals surface area contributed by atoms with E-state index in [-0.39, 0.29) is 0 Å². The van der Waals surface area contributed by atoms with Crippen molar-refractivity contribution in [2.45, 2.75) is 19.0 Å². The van der Waals surface area contributed by atoms with Crippen molar-refractivity contribution < 1.29 is 23.4 Å². The molecule has 0 radical (unpaired) electrons. The molecule has 0 aromatic heterocycles. The number of carbonyl (C=O) groups excluding carboxylic acids is 1. The smallest absolute Gasteiger partial charge is 0.318 e. The molecule has 1 heterocycles. The molecule has 0 spiro atoms. The van der Waals surface area contributed by atoms with Crippen LogP contribution in [0.15, 0.2) is 0 Å². The maximum atomic E-state index is 11.0. The van der Waals surface area contributed by atoms with Gasteiger partial charge in [-0.3, -0.25) is 9.32 Å². The zero-order chi connectivity index (χ0) is 10.2. The summed E-state index contributed by atoms with van der Waals surface area (Å²) in [6, 6.07) is -1.08. The van der Waals surface area contributed by atoms with E-state index in [1.807, 2.05) is 0 Å². The topological polar surface area (TPSA) is 102 Å². The molecule has 8 heteroatoms. The third kappa shape index (κ3) is 1.90. The van der Waals surface area contributed by atoms with Gasteiger partial charge >= 0.3 is 7.82 Å². The molecule has 1 aliphatic rings. The number of nitrogens with zero attached hydrogens (tertiary/aromatic N) is 1. The number of nitrogens with two attached hydrogens (primary N) is 1. The minimum atomic E-state index is -4.15. The fourth-order valence-corrected chi connectivity index (χ4v) is 1.39. The molecule has 7 nitrogen and oxygen atoms in total. The van der Waals surface area contributed by atoms with E-state index in [2.05, 4.69) is 9.15 Å². The molecule has 0 bridgehead atoms. The van der Waals surface area contributed by atoms with Crippen molar-refractivity contribution >= 4 is 13.7 Å². The van der Waals surface area contributed by atoms with E-state index < -0.39 is 25.8 Å². The van der Waals surface area contributed by atoms with E-state index in [9.17, 15) is 9.36 Å². The van der Waals surface area contributed by atoms with Gasteiger partial charge in [0.05, 0.1) is 6.04 Å². The Kier molecular flexibility index (Phi) is 2.74. The predicted molar refractivity (Wildman–Crippen MR) is 42.2 cm³/mol. The molecule has 13 heavy (non-hydrogen) atoms. The van der Waals surface area contributed by atoms with Crippen LogP contribution < -0.4 is 5.73 Å². The second-order valence-electron chi connectivity index (χ2n) is 2.66. The summed E-state index contributed by atoms with van der Waals surface area (Å²) >= 11 is 0. The summed E-state index contributed by atoms with van der Waals surface area (Å²) in [7, 11) is -3.14. The molecular weight excluding hydrogens is 199 g/mol. The van der Waals surface area contributed by atoms with Crippen molar-refractivity contribution in [3.05, 3.63) is 0 Å². The minimum absolute atomic E-state index is 0.414. The largest absolute Gasteiger partial charge is 0.493 e. The first-order valence-corrected chi connectivity index (χ1v) is 5.05. The Morgan fingerprint density at radius 3 is 2.62 bits per heavy atom. The van der Waals surface area contributed by atoms with E-state index in [0.29, 0.717) is 0 Å². The highest BCUT2D eigenvalue weighted by Gasteiger charge is 2.46. The number of hydrogen-bond acceptors (Lipinski definition) is 5. The first-order chi connectivity index (χ1) is 5.89. The van der Waals surface area contributed by atoms with Crippen LogP contribution in [0.1, 0.15) is 6.92 Å². The zero-order valence-corrected chi connectivity index (χ0v) is 8.10. The molecular formula is C5H11N2O5P. The summed E-state index contributed by atoms with van der Waals surface area (Å²) in [4.78, 5) is 19.8. The van der Waals surface area contributed by atoms with E-state index >= 15 is 0 Å². The van der Waals surface area contributed by atoms with E-state index in [4.69, 9.17) is 10.6 Å². The second kappa shape index (κ2) is 3.36. The third-order valence-corrected chi connectivity index (χ3v) is 2.66. The fourth-order valence-electron chi connectivity index (χ4n) is 0.877. The Morgan fingerprint density at radius 1 is 1.69 bits per heavy atom. The van der Waals surface area contributed by atoms with Crippen LogP contribution in [0.4, 0.5) is 0 Å². The van der Waals surface area contributed by atoms with Crippen molar-refractivity contribution in [3.8, 4) is 0 Å². The molecule has 3 N–H and O–H groups in total. The molecule has 3 unspecified atom stereocenters. The van der Waals surface area contributed by atoms with Gasteiger partial charge in [-0.2, -0.15) is 4.62 Å². The number of hydroxylamine groups is 2. The summed E-state index contributed by atoms with van der Waals surface area (Å²) in [5, 5.41) is 0.745. The normalized spacial score (nSPS) is 32.6. The van der Waals surface area contributed by atoms with Gasteiger partial charge in [0, 0.05) is 7.11 Å². The van der Waals surface area contributed by atoms with Crippen molar-refractivity contribution in [2.75, 3.05) is 7.11 Å². The van der Waals surface area contributed by atoms with Gasteiger partial charge in [-0.15, -0.1) is 0 Å². The van der Waals surface area contributed by atoms with Crippen molar-refractivity contribution in [1.29, 1.82) is 0 Å². The van der Waals surface area contributed by atoms with Crippen LogP contribution >= 0.6 is 7.82 Å². The minimum Gasteiger partial charge on any atom is -0.318 e. The fraction of sp³-hybridized carbons (Fsp3) is 0.800. The Bertz CT molecular complexity index is 270. The predicted octanol–water partition coefficient (Wildman–Crippen LogP) is -0.777. The third-order valence-electron chi connectivity index (χ3n) is 1.81. The number of hydrogen-bond donors (Lipinski definition) is 2. The quantitative estimate of drug-likeness (QED) is 0.468. The monoisotopic (exact) mass is 210 g/mol. The van der Waals surface area contributed by atoms with Gasteiger partial charge in [0.25, 0.3) is 5.91 Å². The lowest BCUT2D eigenvalue weighted by Crippen LogP contribution is -2.66. The molecule has 76 valence electrons. The number of amides is 1. The molecule has 1 rings (SSSR count). The van der Waals surface area contributed by atoms with Crippen LogP contribution in [0.3, 0.4) is 0 Å². The first-order valence-electron chi connectivity index (χ1n) is 3.56. The highest BCUT2D eigenvalue weighted by Crippen LogP contribution is 2.45. The van der Waals surface area contributed by atoms with Crippen LogP contribution in [-0.2, 0) is 18.5 Å². The van der Waals surface area contributed by atoms with Crippen LogP contribution in [0.25, 0.3) is 0 Å². The second-order valence-corrected chi connectivity index (χ2v) is 4.13. The van der Waals surface area contributed by atoms with E-state index in [0.717, 1.165) is 12.2 Å². The number of β-lactam (4-membered cyclic amide) rings is 1. The average Bonchev–Trinajstić information content (AvgIpc) is 2.12. The van der Waals surface area contributed by atoms with Crippen molar-refractivity contribution in [1.82, 2.24) is 5.06 Å². The highest BCUT2D eigenvalue weighted by atomic mass is 31.2. The molecule has 1 fully saturated rings. The van der Waals surface area contributed by atoms with Crippen LogP contribution in [0, 0.1) is 0 Å². The van der Waals surface area contributed by atoms with Crippen molar-refractivity contribution in [3.63, 3.8) is 0 Å². The molecule has 3 atom stereocenters. The number of phosphoric acid groups is 1. The summed E-state index contributed by atoms with van der Waals surface area (Å²) in [6.45, 7) is 1.60. The van der Waals surface area contributed by atoms with Crippen LogP contribution in [-0.4, -0.2) is 35.1 Å². The average molecular weight is 210 g/mol. The summed E-state index contributed by atoms with van der Waals surface area (Å²) in [6.07, 6.45) is 0. The maximum absolute atomic E-state index is 11.0. The van der Waals surface area contributed by atoms with Gasteiger partial charge in [0.2, 0.25) is 0 Å². The lowest BCUT2D eigenvalue weighted by Gasteiger charge is -2.41. The summed E-state index contributed by atoms with van der Waals surface area (Å²) in [5.41, 5.74) is 5.33. The van der Waals surface area contributed by atoms with Crippen LogP contribution in [0.2, 0.25) is 0 Å². The zero-order valence-electron chi connectivity index (χ0n) is 7.21. The van der Waals surface area contributed by atoms with Gasteiger partial charge in [0.1, 0.15) is 6.04 Å². The van der Waals surface area contributed by atoms with Gasteiger partial charge in [0.15, 0.2) is 0 Å². The summed E-state index contributed by atoms with van der Waals surface area (Å²) < 4.78 is 19.4. The molecule has 0 aromatic carbocycles. The van der Waals surface area contributed by atoms with Crippen LogP contribution in [0.5, 0.6) is 0 Å². The molecule has 0 aliphatic carbocycles. The number of phosphoric ester groups is 1. The lowest BCUT2D eigenvalue weighted by atomic mass is 10.0. The van der Waals surface area contributed by atoms with Gasteiger partial charge < -0.3 is 10.6 Å². The van der Waals surface area contributed by atoms with Gasteiger partial charge in [-0.1, -0.05) is 0 Å². The van der Waals surface area contributed by atoms with Gasteiger partial charge in [-0.25, -0.2) is 9.63 Å². The Labute approximate surface area is 75.0 Å². The van der Waals surface area contributed by atoms with Gasteiger partial charge in [-0.05, 0) is 6.92 Å². The Morgan fingerprint density at radius 2 is 2.23 bits per heavy atom. The Hall–Kier alpha value is -0.460.